The topological polar surface area (TPSA) is 81.1 Å². The Bertz CT molecular complexity index is 1220. The van der Waals surface area contributed by atoms with Crippen molar-refractivity contribution in [2.75, 3.05) is 25.0 Å². The van der Waals surface area contributed by atoms with Crippen molar-refractivity contribution in [1.29, 1.82) is 0 Å². The number of nitrogens with one attached hydrogen (secondary N) is 1. The number of furan rings is 1. The van der Waals surface area contributed by atoms with Crippen LogP contribution in [0.1, 0.15) is 35.6 Å². The highest BCUT2D eigenvalue weighted by Crippen LogP contribution is 2.21. The fraction of sp³-hybridized carbons (Fsp3) is 0.348. The molecule has 9 heteroatoms. The number of likely N-dealkylation sites (tertiary alicyclic amines) is 1. The third-order valence-electron chi connectivity index (χ3n) is 5.77. The molecule has 1 saturated heterocycles. The lowest BCUT2D eigenvalue weighted by Crippen LogP contribution is -2.32. The van der Waals surface area contributed by atoms with E-state index in [1.807, 2.05) is 24.3 Å². The van der Waals surface area contributed by atoms with E-state index < -0.39 is 0 Å². The first-order valence-electron chi connectivity index (χ1n) is 10.9. The van der Waals surface area contributed by atoms with Crippen LogP contribution in [0.2, 0.25) is 5.02 Å². The van der Waals surface area contributed by atoms with Crippen LogP contribution in [0.25, 0.3) is 11.0 Å². The average molecular weight is 453 g/mol. The number of hydrogen-bond donors (Lipinski definition) is 1. The average Bonchev–Trinajstić information content (AvgIpc) is 3.52. The Hall–Kier alpha value is -3.10. The van der Waals surface area contributed by atoms with E-state index in [0.29, 0.717) is 23.3 Å². The number of rotatable bonds is 7. The minimum absolute atomic E-state index is 0.230. The predicted octanol–water partition coefficient (Wildman–Crippen LogP) is 4.27. The summed E-state index contributed by atoms with van der Waals surface area (Å²) in [5.74, 6) is 1.05. The van der Waals surface area contributed by atoms with E-state index in [1.165, 1.54) is 19.3 Å². The summed E-state index contributed by atoms with van der Waals surface area (Å²) in [6.07, 6.45) is 7.07. The van der Waals surface area contributed by atoms with Crippen LogP contribution in [-0.2, 0) is 13.1 Å². The second-order valence-electron chi connectivity index (χ2n) is 8.05. The van der Waals surface area contributed by atoms with Crippen molar-refractivity contribution >= 4 is 34.5 Å². The van der Waals surface area contributed by atoms with Crippen LogP contribution in [0, 0.1) is 0 Å². The van der Waals surface area contributed by atoms with Crippen LogP contribution in [0.5, 0.6) is 0 Å². The summed E-state index contributed by atoms with van der Waals surface area (Å²) in [4.78, 5) is 20.0. The summed E-state index contributed by atoms with van der Waals surface area (Å²) in [7, 11) is 0. The van der Waals surface area contributed by atoms with Gasteiger partial charge in [-0.1, -0.05) is 30.2 Å². The van der Waals surface area contributed by atoms with Gasteiger partial charge in [0.05, 0.1) is 28.8 Å². The zero-order valence-corrected chi connectivity index (χ0v) is 18.5. The summed E-state index contributed by atoms with van der Waals surface area (Å²) in [6.45, 7) is 4.35. The summed E-state index contributed by atoms with van der Waals surface area (Å²) in [5.41, 5.74) is 1.87. The number of benzene rings is 1. The van der Waals surface area contributed by atoms with Gasteiger partial charge in [-0.3, -0.25) is 14.8 Å². The van der Waals surface area contributed by atoms with Gasteiger partial charge in [-0.05, 0) is 50.2 Å². The first kappa shape index (κ1) is 20.8. The molecule has 1 amide bonds. The van der Waals surface area contributed by atoms with Gasteiger partial charge in [0.1, 0.15) is 5.76 Å². The molecule has 4 heterocycles. The standard InChI is InChI=1S/C23H25ClN6O2/c24-17-14-25-29(15-17)16-18-8-9-21(32-18)22(31)27-23-26-19-6-2-3-7-20(19)30(23)13-12-28-10-4-1-5-11-28/h2-3,6-9,14-15H,1,4-5,10-13,16H2,(H,26,27,31). The van der Waals surface area contributed by atoms with E-state index in [1.54, 1.807) is 29.2 Å². The summed E-state index contributed by atoms with van der Waals surface area (Å²) in [6, 6.07) is 11.4. The fourth-order valence-electron chi connectivity index (χ4n) is 4.15. The van der Waals surface area contributed by atoms with Crippen molar-refractivity contribution in [3.05, 3.63) is 65.3 Å². The highest BCUT2D eigenvalue weighted by atomic mass is 35.5. The van der Waals surface area contributed by atoms with E-state index >= 15 is 0 Å². The van der Waals surface area contributed by atoms with Gasteiger partial charge in [-0.2, -0.15) is 5.10 Å². The number of aromatic nitrogens is 4. The molecule has 8 nitrogen and oxygen atoms in total. The number of halogens is 1. The number of nitrogens with zero attached hydrogens (tertiary/aromatic N) is 5. The smallest absolute Gasteiger partial charge is 0.293 e. The van der Waals surface area contributed by atoms with Gasteiger partial charge in [0.2, 0.25) is 5.95 Å². The van der Waals surface area contributed by atoms with E-state index in [9.17, 15) is 4.79 Å². The zero-order valence-electron chi connectivity index (χ0n) is 17.7. The predicted molar refractivity (Wildman–Crippen MR) is 123 cm³/mol. The molecule has 1 fully saturated rings. The van der Waals surface area contributed by atoms with Crippen LogP contribution >= 0.6 is 11.6 Å². The Morgan fingerprint density at radius 2 is 1.94 bits per heavy atom. The number of fused-ring (bicyclic) bond motifs is 1. The Morgan fingerprint density at radius 3 is 2.75 bits per heavy atom. The Labute approximate surface area is 190 Å². The lowest BCUT2D eigenvalue weighted by atomic mass is 10.1. The molecular weight excluding hydrogens is 428 g/mol. The van der Waals surface area contributed by atoms with E-state index in [2.05, 4.69) is 24.9 Å². The van der Waals surface area contributed by atoms with Crippen molar-refractivity contribution in [2.24, 2.45) is 0 Å². The highest BCUT2D eigenvalue weighted by Gasteiger charge is 2.18. The molecule has 1 aliphatic rings. The van der Waals surface area contributed by atoms with E-state index in [0.717, 1.165) is 37.2 Å². The number of anilines is 1. The maximum atomic E-state index is 12.9. The van der Waals surface area contributed by atoms with Gasteiger partial charge >= 0.3 is 0 Å². The molecule has 0 saturated carbocycles. The van der Waals surface area contributed by atoms with Crippen LogP contribution in [0.4, 0.5) is 5.95 Å². The van der Waals surface area contributed by atoms with Crippen molar-refractivity contribution in [3.8, 4) is 0 Å². The van der Waals surface area contributed by atoms with Crippen molar-refractivity contribution in [2.45, 2.75) is 32.4 Å². The first-order chi connectivity index (χ1) is 15.7. The molecule has 166 valence electrons. The molecule has 0 unspecified atom stereocenters. The number of carbonyl (C=O) groups is 1. The quantitative estimate of drug-likeness (QED) is 0.453. The van der Waals surface area contributed by atoms with Crippen LogP contribution < -0.4 is 5.32 Å². The minimum atomic E-state index is -0.329. The number of imidazole rings is 1. The summed E-state index contributed by atoms with van der Waals surface area (Å²) in [5, 5.41) is 7.63. The fourth-order valence-corrected chi connectivity index (χ4v) is 4.31. The number of para-hydroxylation sites is 2. The third kappa shape index (κ3) is 4.56. The second-order valence-corrected chi connectivity index (χ2v) is 8.49. The third-order valence-corrected chi connectivity index (χ3v) is 5.97. The lowest BCUT2D eigenvalue weighted by molar-refractivity contribution is 0.0993. The van der Waals surface area contributed by atoms with Crippen LogP contribution in [-0.4, -0.2) is 49.8 Å². The van der Waals surface area contributed by atoms with Gasteiger partial charge in [0.25, 0.3) is 5.91 Å². The molecule has 0 radical (unpaired) electrons. The van der Waals surface area contributed by atoms with Gasteiger partial charge in [-0.25, -0.2) is 4.98 Å². The highest BCUT2D eigenvalue weighted by molar-refractivity contribution is 6.30. The first-order valence-corrected chi connectivity index (χ1v) is 11.3. The SMILES string of the molecule is O=C(Nc1nc2ccccc2n1CCN1CCCCC1)c1ccc(Cn2cc(Cl)cn2)o1. The molecule has 0 spiro atoms. The van der Waals surface area contributed by atoms with Crippen LogP contribution in [0.15, 0.2) is 53.2 Å². The molecule has 0 atom stereocenters. The van der Waals surface area contributed by atoms with Gasteiger partial charge in [0.15, 0.2) is 5.76 Å². The van der Waals surface area contributed by atoms with Gasteiger partial charge < -0.3 is 13.9 Å². The molecule has 3 aromatic heterocycles. The summed E-state index contributed by atoms with van der Waals surface area (Å²) >= 11 is 5.91. The van der Waals surface area contributed by atoms with Gasteiger partial charge in [0, 0.05) is 19.3 Å². The normalized spacial score (nSPS) is 14.8. The van der Waals surface area contributed by atoms with E-state index in [4.69, 9.17) is 16.0 Å². The summed E-state index contributed by atoms with van der Waals surface area (Å²) < 4.78 is 9.48. The molecule has 4 aromatic rings. The Kier molecular flexibility index (Phi) is 5.96. The second kappa shape index (κ2) is 9.18. The van der Waals surface area contributed by atoms with Gasteiger partial charge in [-0.15, -0.1) is 0 Å². The number of amides is 1. The molecule has 1 N–H and O–H groups in total. The molecule has 32 heavy (non-hydrogen) atoms. The molecule has 0 aliphatic carbocycles. The molecule has 5 rings (SSSR count). The Morgan fingerprint density at radius 1 is 1.09 bits per heavy atom. The molecule has 0 bridgehead atoms. The molecule has 1 aliphatic heterocycles. The van der Waals surface area contributed by atoms with E-state index in [-0.39, 0.29) is 11.7 Å². The van der Waals surface area contributed by atoms with Crippen LogP contribution in [0.3, 0.4) is 0 Å². The molecule has 1 aromatic carbocycles. The number of hydrogen-bond acceptors (Lipinski definition) is 5. The molecular formula is C23H25ClN6O2. The monoisotopic (exact) mass is 452 g/mol. The minimum Gasteiger partial charge on any atom is -0.454 e. The zero-order chi connectivity index (χ0) is 21.9. The number of carbonyl (C=O) groups excluding carboxylic acids is 1. The van der Waals surface area contributed by atoms with Crippen molar-refractivity contribution in [1.82, 2.24) is 24.2 Å². The maximum absolute atomic E-state index is 12.9. The largest absolute Gasteiger partial charge is 0.454 e. The number of piperidine rings is 1. The lowest BCUT2D eigenvalue weighted by Gasteiger charge is -2.26. The van der Waals surface area contributed by atoms with Crippen molar-refractivity contribution in [3.63, 3.8) is 0 Å². The Balaban J connectivity index is 1.32. The maximum Gasteiger partial charge on any atom is 0.293 e. The van der Waals surface area contributed by atoms with Crippen molar-refractivity contribution < 1.29 is 9.21 Å².